The molecule has 0 aliphatic carbocycles. The van der Waals surface area contributed by atoms with Gasteiger partial charge in [-0.25, -0.2) is 9.37 Å². The predicted octanol–water partition coefficient (Wildman–Crippen LogP) is 6.94. The lowest BCUT2D eigenvalue weighted by molar-refractivity contribution is 0.0761. The van der Waals surface area contributed by atoms with E-state index in [0.717, 1.165) is 100 Å². The summed E-state index contributed by atoms with van der Waals surface area (Å²) < 4.78 is 38.0. The summed E-state index contributed by atoms with van der Waals surface area (Å²) in [6.45, 7) is 9.58. The molecule has 2 heterocycles. The lowest BCUT2D eigenvalue weighted by atomic mass is 9.95. The number of imidazole rings is 1. The number of nitrogens with zero attached hydrogens (tertiary/aromatic N) is 5. The van der Waals surface area contributed by atoms with E-state index < -0.39 is 0 Å². The molecule has 11 heteroatoms. The zero-order valence-corrected chi connectivity index (χ0v) is 31.6. The Bertz CT molecular complexity index is 1690. The Morgan fingerprint density at radius 3 is 2.37 bits per heavy atom. The molecule has 5 rings (SSSR count). The standard InChI is InChI=1S/C41H56FN5O5/c1-6-52-27-26-47-36-15-10-9-14-35(36)43-41(47)46-22-11-21-45(24-25-46)23-20-32(13-8-7-12-31-16-18-34(42)19-17-31)30-44(2)40(48)33-28-37(49-3)39(51-5)38(29-33)50-4/h9-10,14-19,28-29,32H,6-8,11-13,20-27,30H2,1-5H3. The Balaban J connectivity index is 1.23. The fourth-order valence-corrected chi connectivity index (χ4v) is 7.22. The van der Waals surface area contributed by atoms with Crippen molar-refractivity contribution in [2.24, 2.45) is 5.92 Å². The Morgan fingerprint density at radius 2 is 1.65 bits per heavy atom. The van der Waals surface area contributed by atoms with Crippen LogP contribution in [0.3, 0.4) is 0 Å². The maximum absolute atomic E-state index is 13.8. The van der Waals surface area contributed by atoms with Crippen molar-refractivity contribution in [3.8, 4) is 17.2 Å². The number of benzene rings is 3. The summed E-state index contributed by atoms with van der Waals surface area (Å²) >= 11 is 0. The highest BCUT2D eigenvalue weighted by Gasteiger charge is 2.24. The summed E-state index contributed by atoms with van der Waals surface area (Å²) in [7, 11) is 6.53. The van der Waals surface area contributed by atoms with Gasteiger partial charge in [0.15, 0.2) is 11.5 Å². The average Bonchev–Trinajstić information content (AvgIpc) is 3.36. The highest BCUT2D eigenvalue weighted by molar-refractivity contribution is 5.95. The van der Waals surface area contributed by atoms with Crippen LogP contribution in [-0.2, 0) is 17.7 Å². The quantitative estimate of drug-likeness (QED) is 0.0966. The van der Waals surface area contributed by atoms with Crippen molar-refractivity contribution in [1.82, 2.24) is 19.4 Å². The van der Waals surface area contributed by atoms with E-state index >= 15 is 0 Å². The smallest absolute Gasteiger partial charge is 0.253 e. The highest BCUT2D eigenvalue weighted by Crippen LogP contribution is 2.38. The third kappa shape index (κ3) is 10.2. The predicted molar refractivity (Wildman–Crippen MR) is 205 cm³/mol. The monoisotopic (exact) mass is 717 g/mol. The van der Waals surface area contributed by atoms with Crippen LogP contribution in [0.4, 0.5) is 10.3 Å². The first-order valence-electron chi connectivity index (χ1n) is 18.6. The van der Waals surface area contributed by atoms with Gasteiger partial charge in [0.25, 0.3) is 5.91 Å². The number of methoxy groups -OCH3 is 3. The Hall–Kier alpha value is -4.35. The molecule has 4 aromatic rings. The summed E-state index contributed by atoms with van der Waals surface area (Å²) in [5.41, 5.74) is 3.80. The molecule has 0 spiro atoms. The second-order valence-electron chi connectivity index (χ2n) is 13.6. The third-order valence-corrected chi connectivity index (χ3v) is 10.1. The SMILES string of the molecule is CCOCCn1c(N2CCCN(CCC(CCCCc3ccc(F)cc3)CN(C)C(=O)c3cc(OC)c(OC)c(OC)c3)CC2)nc2ccccc21. The van der Waals surface area contributed by atoms with Crippen molar-refractivity contribution in [3.05, 3.63) is 77.6 Å². The minimum Gasteiger partial charge on any atom is -0.493 e. The van der Waals surface area contributed by atoms with E-state index in [4.69, 9.17) is 23.9 Å². The molecule has 52 heavy (non-hydrogen) atoms. The molecule has 1 atom stereocenters. The van der Waals surface area contributed by atoms with Gasteiger partial charge < -0.3 is 38.2 Å². The molecule has 3 aromatic carbocycles. The number of anilines is 1. The number of unbranched alkanes of at least 4 members (excludes halogenated alkanes) is 1. The number of rotatable bonds is 19. The molecule has 0 bridgehead atoms. The molecule has 0 radical (unpaired) electrons. The van der Waals surface area contributed by atoms with Crippen LogP contribution in [0.15, 0.2) is 60.7 Å². The molecule has 1 saturated heterocycles. The van der Waals surface area contributed by atoms with Gasteiger partial charge in [-0.05, 0) is 100.0 Å². The lowest BCUT2D eigenvalue weighted by Gasteiger charge is -2.28. The molecule has 282 valence electrons. The zero-order chi connectivity index (χ0) is 36.9. The number of carbonyl (C=O) groups is 1. The van der Waals surface area contributed by atoms with Crippen molar-refractivity contribution in [2.45, 2.75) is 52.0 Å². The number of para-hydroxylation sites is 2. The van der Waals surface area contributed by atoms with Crippen LogP contribution in [0.25, 0.3) is 11.0 Å². The number of hydrogen-bond donors (Lipinski definition) is 0. The number of aromatic nitrogens is 2. The minimum atomic E-state index is -0.208. The van der Waals surface area contributed by atoms with Gasteiger partial charge in [0.2, 0.25) is 11.7 Å². The molecular formula is C41H56FN5O5. The molecular weight excluding hydrogens is 661 g/mol. The van der Waals surface area contributed by atoms with Gasteiger partial charge in [-0.2, -0.15) is 0 Å². The second kappa shape index (κ2) is 19.5. The first-order valence-corrected chi connectivity index (χ1v) is 18.6. The van der Waals surface area contributed by atoms with E-state index in [-0.39, 0.29) is 11.7 Å². The van der Waals surface area contributed by atoms with Crippen LogP contribution in [0.5, 0.6) is 17.2 Å². The minimum absolute atomic E-state index is 0.0896. The maximum Gasteiger partial charge on any atom is 0.253 e. The van der Waals surface area contributed by atoms with Crippen LogP contribution in [0, 0.1) is 11.7 Å². The van der Waals surface area contributed by atoms with Gasteiger partial charge in [-0.1, -0.05) is 30.7 Å². The number of amides is 1. The van der Waals surface area contributed by atoms with E-state index in [1.165, 1.54) is 12.1 Å². The molecule has 1 aliphatic heterocycles. The van der Waals surface area contributed by atoms with E-state index in [1.54, 1.807) is 33.5 Å². The Labute approximate surface area is 308 Å². The Morgan fingerprint density at radius 1 is 0.904 bits per heavy atom. The molecule has 1 amide bonds. The van der Waals surface area contributed by atoms with Crippen molar-refractivity contribution < 1.29 is 28.1 Å². The summed E-state index contributed by atoms with van der Waals surface area (Å²) in [5.74, 6) is 2.41. The summed E-state index contributed by atoms with van der Waals surface area (Å²) in [4.78, 5) is 25.7. The number of fused-ring (bicyclic) bond motifs is 1. The van der Waals surface area contributed by atoms with Gasteiger partial charge in [-0.15, -0.1) is 0 Å². The van der Waals surface area contributed by atoms with Crippen LogP contribution >= 0.6 is 0 Å². The fourth-order valence-electron chi connectivity index (χ4n) is 7.22. The molecule has 1 fully saturated rings. The molecule has 0 N–H and O–H groups in total. The molecule has 0 saturated carbocycles. The fraction of sp³-hybridized carbons (Fsp3) is 0.512. The number of carbonyl (C=O) groups excluding carboxylic acids is 1. The van der Waals surface area contributed by atoms with E-state index in [9.17, 15) is 9.18 Å². The van der Waals surface area contributed by atoms with Gasteiger partial charge in [0.1, 0.15) is 5.82 Å². The number of aryl methyl sites for hydroxylation is 1. The Kier molecular flexibility index (Phi) is 14.6. The lowest BCUT2D eigenvalue weighted by Crippen LogP contribution is -2.36. The van der Waals surface area contributed by atoms with Gasteiger partial charge >= 0.3 is 0 Å². The molecule has 1 unspecified atom stereocenters. The normalized spacial score (nSPS) is 14.3. The van der Waals surface area contributed by atoms with Gasteiger partial charge in [-0.3, -0.25) is 4.79 Å². The first kappa shape index (κ1) is 38.9. The molecule has 10 nitrogen and oxygen atoms in total. The van der Waals surface area contributed by atoms with Crippen molar-refractivity contribution in [2.75, 3.05) is 85.8 Å². The van der Waals surface area contributed by atoms with Crippen molar-refractivity contribution in [1.29, 1.82) is 0 Å². The van der Waals surface area contributed by atoms with Crippen molar-refractivity contribution >= 4 is 22.9 Å². The van der Waals surface area contributed by atoms with Crippen LogP contribution in [0.1, 0.15) is 54.9 Å². The van der Waals surface area contributed by atoms with Crippen molar-refractivity contribution in [3.63, 3.8) is 0 Å². The molecule has 1 aliphatic rings. The third-order valence-electron chi connectivity index (χ3n) is 10.1. The van der Waals surface area contributed by atoms with E-state index in [2.05, 4.69) is 32.6 Å². The summed E-state index contributed by atoms with van der Waals surface area (Å²) in [6, 6.07) is 18.6. The number of halogens is 1. The molecule has 1 aromatic heterocycles. The maximum atomic E-state index is 13.8. The largest absolute Gasteiger partial charge is 0.493 e. The number of hydrogen-bond acceptors (Lipinski definition) is 8. The first-order chi connectivity index (χ1) is 25.3. The van der Waals surface area contributed by atoms with E-state index in [1.807, 2.05) is 37.1 Å². The van der Waals surface area contributed by atoms with Gasteiger partial charge in [0, 0.05) is 51.9 Å². The van der Waals surface area contributed by atoms with Gasteiger partial charge in [0.05, 0.1) is 39.0 Å². The summed E-state index contributed by atoms with van der Waals surface area (Å²) in [5, 5.41) is 0. The van der Waals surface area contributed by atoms with Crippen LogP contribution in [-0.4, -0.2) is 106 Å². The average molecular weight is 718 g/mol. The zero-order valence-electron chi connectivity index (χ0n) is 31.6. The van der Waals surface area contributed by atoms with Crippen LogP contribution < -0.4 is 19.1 Å². The second-order valence-corrected chi connectivity index (χ2v) is 13.6. The van der Waals surface area contributed by atoms with Crippen LogP contribution in [0.2, 0.25) is 0 Å². The number of ether oxygens (including phenoxy) is 4. The van der Waals surface area contributed by atoms with E-state index in [0.29, 0.717) is 48.5 Å². The topological polar surface area (TPSA) is 81.5 Å². The highest BCUT2D eigenvalue weighted by atomic mass is 19.1. The summed E-state index contributed by atoms with van der Waals surface area (Å²) in [6.07, 6.45) is 5.98.